The van der Waals surface area contributed by atoms with Gasteiger partial charge >= 0.3 is 0 Å². The van der Waals surface area contributed by atoms with Crippen LogP contribution in [0.4, 0.5) is 0 Å². The molecule has 0 aliphatic carbocycles. The molecule has 66 valence electrons. The van der Waals surface area contributed by atoms with Crippen LogP contribution in [0.15, 0.2) is 17.5 Å². The van der Waals surface area contributed by atoms with Crippen LogP contribution >= 0.6 is 43.2 Å². The molecule has 0 aliphatic heterocycles. The fraction of sp³-hybridized carbons (Fsp3) is 0.333. The monoisotopic (exact) mass is 313 g/mol. The first-order valence-corrected chi connectivity index (χ1v) is 5.79. The van der Waals surface area contributed by atoms with E-state index in [1.54, 1.807) is 0 Å². The SMILES string of the molecule is O=[N+]([O-])C(Br)C(Br)c1cccs1. The molecule has 2 unspecified atom stereocenters. The van der Waals surface area contributed by atoms with Crippen molar-refractivity contribution in [2.75, 3.05) is 0 Å². The number of hydrogen-bond acceptors (Lipinski definition) is 3. The molecule has 1 heterocycles. The molecule has 0 saturated heterocycles. The maximum Gasteiger partial charge on any atom is 0.282 e. The molecule has 0 fully saturated rings. The molecule has 1 aromatic rings. The summed E-state index contributed by atoms with van der Waals surface area (Å²) >= 11 is 7.74. The predicted octanol–water partition coefficient (Wildman–Crippen LogP) is 3.18. The smallest absolute Gasteiger partial charge is 0.263 e. The number of nitro groups is 1. The van der Waals surface area contributed by atoms with E-state index in [2.05, 4.69) is 31.9 Å². The number of nitrogens with zero attached hydrogens (tertiary/aromatic N) is 1. The Morgan fingerprint density at radius 3 is 2.67 bits per heavy atom. The maximum absolute atomic E-state index is 10.4. The van der Waals surface area contributed by atoms with Crippen LogP contribution in [0.25, 0.3) is 0 Å². The van der Waals surface area contributed by atoms with Crippen molar-refractivity contribution in [2.45, 2.75) is 9.78 Å². The largest absolute Gasteiger partial charge is 0.282 e. The standard InChI is InChI=1S/C6H5Br2NO2S/c7-5(6(8)9(10)11)4-2-1-3-12-4/h1-3,5-6H. The van der Waals surface area contributed by atoms with Crippen molar-refractivity contribution in [1.29, 1.82) is 0 Å². The van der Waals surface area contributed by atoms with Gasteiger partial charge in [-0.1, -0.05) is 22.0 Å². The van der Waals surface area contributed by atoms with Crippen LogP contribution < -0.4 is 0 Å². The number of hydrogen-bond donors (Lipinski definition) is 0. The van der Waals surface area contributed by atoms with Crippen molar-refractivity contribution in [1.82, 2.24) is 0 Å². The van der Waals surface area contributed by atoms with E-state index in [1.807, 2.05) is 17.5 Å². The van der Waals surface area contributed by atoms with Gasteiger partial charge in [-0.15, -0.1) is 11.3 Å². The van der Waals surface area contributed by atoms with Crippen molar-refractivity contribution in [3.05, 3.63) is 32.5 Å². The first kappa shape index (κ1) is 10.1. The van der Waals surface area contributed by atoms with Gasteiger partial charge in [0.05, 0.1) is 0 Å². The van der Waals surface area contributed by atoms with Crippen LogP contribution in [0.3, 0.4) is 0 Å². The summed E-state index contributed by atoms with van der Waals surface area (Å²) in [5.41, 5.74) is 0. The molecule has 0 spiro atoms. The molecule has 1 rings (SSSR count). The molecule has 0 bridgehead atoms. The summed E-state index contributed by atoms with van der Waals surface area (Å²) in [6.45, 7) is 0. The Morgan fingerprint density at radius 1 is 1.58 bits per heavy atom. The van der Waals surface area contributed by atoms with Crippen LogP contribution in [-0.2, 0) is 0 Å². The Labute approximate surface area is 90.2 Å². The van der Waals surface area contributed by atoms with E-state index in [-0.39, 0.29) is 9.75 Å². The van der Waals surface area contributed by atoms with Gasteiger partial charge in [-0.3, -0.25) is 10.1 Å². The summed E-state index contributed by atoms with van der Waals surface area (Å²) in [6, 6.07) is 3.73. The van der Waals surface area contributed by atoms with Gasteiger partial charge in [0.15, 0.2) is 0 Å². The second-order valence-corrected chi connectivity index (χ2v) is 4.98. The lowest BCUT2D eigenvalue weighted by Gasteiger charge is -2.06. The molecule has 1 aromatic heterocycles. The predicted molar refractivity (Wildman–Crippen MR) is 55.7 cm³/mol. The van der Waals surface area contributed by atoms with E-state index in [9.17, 15) is 10.1 Å². The minimum Gasteiger partial charge on any atom is -0.263 e. The van der Waals surface area contributed by atoms with Gasteiger partial charge in [-0.25, -0.2) is 0 Å². The zero-order valence-electron chi connectivity index (χ0n) is 5.81. The van der Waals surface area contributed by atoms with Crippen LogP contribution in [0.5, 0.6) is 0 Å². The minimum absolute atomic E-state index is 0.257. The lowest BCUT2D eigenvalue weighted by atomic mass is 10.3. The summed E-state index contributed by atoms with van der Waals surface area (Å²) in [5.74, 6) is 0. The highest BCUT2D eigenvalue weighted by Gasteiger charge is 2.27. The van der Waals surface area contributed by atoms with Crippen molar-refractivity contribution in [3.8, 4) is 0 Å². The fourth-order valence-corrected chi connectivity index (χ4v) is 2.55. The molecule has 0 aromatic carbocycles. The van der Waals surface area contributed by atoms with Crippen LogP contribution in [-0.4, -0.2) is 9.87 Å². The topological polar surface area (TPSA) is 43.1 Å². The Bertz CT molecular complexity index is 265. The van der Waals surface area contributed by atoms with Crippen LogP contribution in [0.2, 0.25) is 0 Å². The lowest BCUT2D eigenvalue weighted by Crippen LogP contribution is -2.16. The van der Waals surface area contributed by atoms with Gasteiger partial charge in [0.25, 0.3) is 4.95 Å². The summed E-state index contributed by atoms with van der Waals surface area (Å²) in [6.07, 6.45) is 0. The Kier molecular flexibility index (Phi) is 3.67. The van der Waals surface area contributed by atoms with Crippen molar-refractivity contribution in [3.63, 3.8) is 0 Å². The van der Waals surface area contributed by atoms with E-state index in [0.717, 1.165) is 4.88 Å². The average molecular weight is 315 g/mol. The first-order valence-electron chi connectivity index (χ1n) is 3.08. The van der Waals surface area contributed by atoms with E-state index >= 15 is 0 Å². The third-order valence-electron chi connectivity index (χ3n) is 1.26. The molecule has 0 N–H and O–H groups in total. The Balaban J connectivity index is 2.71. The third-order valence-corrected chi connectivity index (χ3v) is 5.08. The number of halogens is 2. The minimum atomic E-state index is -0.767. The second-order valence-electron chi connectivity index (χ2n) is 2.08. The van der Waals surface area contributed by atoms with Crippen molar-refractivity contribution < 1.29 is 4.92 Å². The van der Waals surface area contributed by atoms with Gasteiger partial charge in [0.2, 0.25) is 0 Å². The van der Waals surface area contributed by atoms with Gasteiger partial charge in [-0.2, -0.15) is 0 Å². The van der Waals surface area contributed by atoms with Crippen LogP contribution in [0.1, 0.15) is 9.70 Å². The summed E-state index contributed by atoms with van der Waals surface area (Å²) < 4.78 is 0. The first-order chi connectivity index (χ1) is 5.63. The average Bonchev–Trinajstić information content (AvgIpc) is 2.53. The summed E-state index contributed by atoms with van der Waals surface area (Å²) in [4.78, 5) is 9.94. The fourth-order valence-electron chi connectivity index (χ4n) is 0.691. The van der Waals surface area contributed by atoms with Gasteiger partial charge in [0.1, 0.15) is 4.83 Å². The normalized spacial score (nSPS) is 15.5. The van der Waals surface area contributed by atoms with Gasteiger partial charge < -0.3 is 0 Å². The quantitative estimate of drug-likeness (QED) is 0.372. The molecule has 0 amide bonds. The molecule has 3 nitrogen and oxygen atoms in total. The molecular weight excluding hydrogens is 310 g/mol. The maximum atomic E-state index is 10.4. The summed E-state index contributed by atoms with van der Waals surface area (Å²) in [7, 11) is 0. The molecular formula is C6H5Br2NO2S. The third kappa shape index (κ3) is 2.27. The van der Waals surface area contributed by atoms with Gasteiger partial charge in [0, 0.05) is 9.80 Å². The van der Waals surface area contributed by atoms with E-state index in [1.165, 1.54) is 11.3 Å². The lowest BCUT2D eigenvalue weighted by molar-refractivity contribution is -0.492. The van der Waals surface area contributed by atoms with Gasteiger partial charge in [-0.05, 0) is 27.4 Å². The molecule has 0 aliphatic rings. The number of thiophene rings is 1. The van der Waals surface area contributed by atoms with Crippen molar-refractivity contribution in [2.24, 2.45) is 0 Å². The highest BCUT2D eigenvalue weighted by atomic mass is 79.9. The number of alkyl halides is 2. The molecule has 6 heteroatoms. The summed E-state index contributed by atoms with van der Waals surface area (Å²) in [5, 5.41) is 12.3. The zero-order valence-corrected chi connectivity index (χ0v) is 9.80. The van der Waals surface area contributed by atoms with E-state index < -0.39 is 4.95 Å². The molecule has 0 radical (unpaired) electrons. The van der Waals surface area contributed by atoms with Crippen LogP contribution in [0, 0.1) is 10.1 Å². The molecule has 0 saturated carbocycles. The highest BCUT2D eigenvalue weighted by Crippen LogP contribution is 2.33. The van der Waals surface area contributed by atoms with E-state index in [4.69, 9.17) is 0 Å². The molecule has 2 atom stereocenters. The van der Waals surface area contributed by atoms with E-state index in [0.29, 0.717) is 0 Å². The van der Waals surface area contributed by atoms with Crippen molar-refractivity contribution >= 4 is 43.2 Å². The Morgan fingerprint density at radius 2 is 2.25 bits per heavy atom. The second kappa shape index (κ2) is 4.34. The zero-order chi connectivity index (χ0) is 9.14. The highest BCUT2D eigenvalue weighted by molar-refractivity contribution is 9.12. The Hall–Kier alpha value is 0.0600. The molecule has 12 heavy (non-hydrogen) atoms. The number of rotatable bonds is 3.